The largest absolute Gasteiger partial charge is 0.327 e. The third kappa shape index (κ3) is 2.36. The molecule has 64 valence electrons. The summed E-state index contributed by atoms with van der Waals surface area (Å²) in [6.07, 6.45) is 1.99. The molecule has 0 saturated carbocycles. The van der Waals surface area contributed by atoms with Gasteiger partial charge in [0.05, 0.1) is 0 Å². The highest BCUT2D eigenvalue weighted by molar-refractivity contribution is 6.30. The zero-order valence-corrected chi connectivity index (χ0v) is 7.81. The first kappa shape index (κ1) is 9.30. The van der Waals surface area contributed by atoms with Crippen molar-refractivity contribution in [2.75, 3.05) is 6.54 Å². The number of rotatable bonds is 2. The lowest BCUT2D eigenvalue weighted by atomic mass is 10.1. The smallest absolute Gasteiger partial charge is 0.0406 e. The summed E-state index contributed by atoms with van der Waals surface area (Å²) in [6, 6.07) is 7.74. The summed E-state index contributed by atoms with van der Waals surface area (Å²) in [5.74, 6) is 0. The summed E-state index contributed by atoms with van der Waals surface area (Å²) in [7, 11) is 0. The first-order chi connectivity index (χ1) is 5.74. The standard InChI is InChI=1S/C10H12ClN/c1-8(6-7-12)9-2-4-10(11)5-3-9/h2-6H,7,12H2,1H3. The van der Waals surface area contributed by atoms with Gasteiger partial charge in [-0.25, -0.2) is 0 Å². The minimum Gasteiger partial charge on any atom is -0.327 e. The molecule has 1 aromatic rings. The number of nitrogens with two attached hydrogens (primary N) is 1. The summed E-state index contributed by atoms with van der Waals surface area (Å²) in [6.45, 7) is 2.62. The number of halogens is 1. The van der Waals surface area contributed by atoms with Crippen LogP contribution in [0.15, 0.2) is 30.3 Å². The van der Waals surface area contributed by atoms with Gasteiger partial charge < -0.3 is 5.73 Å². The number of hydrogen-bond acceptors (Lipinski definition) is 1. The molecule has 2 heteroatoms. The average molecular weight is 182 g/mol. The maximum absolute atomic E-state index is 5.75. The first-order valence-corrected chi connectivity index (χ1v) is 4.24. The van der Waals surface area contributed by atoms with E-state index in [2.05, 4.69) is 0 Å². The molecule has 12 heavy (non-hydrogen) atoms. The van der Waals surface area contributed by atoms with E-state index in [9.17, 15) is 0 Å². The van der Waals surface area contributed by atoms with Gasteiger partial charge in [-0.3, -0.25) is 0 Å². The van der Waals surface area contributed by atoms with Gasteiger partial charge in [0.25, 0.3) is 0 Å². The third-order valence-electron chi connectivity index (χ3n) is 1.72. The van der Waals surface area contributed by atoms with Crippen molar-refractivity contribution in [2.24, 2.45) is 5.73 Å². The molecule has 0 aliphatic rings. The van der Waals surface area contributed by atoms with Gasteiger partial charge in [0.15, 0.2) is 0 Å². The monoisotopic (exact) mass is 181 g/mol. The third-order valence-corrected chi connectivity index (χ3v) is 1.98. The summed E-state index contributed by atoms with van der Waals surface area (Å²) in [4.78, 5) is 0. The van der Waals surface area contributed by atoms with Crippen LogP contribution in [0.1, 0.15) is 12.5 Å². The predicted octanol–water partition coefficient (Wildman–Crippen LogP) is 2.70. The molecule has 1 rings (SSSR count). The fraction of sp³-hybridized carbons (Fsp3) is 0.200. The van der Waals surface area contributed by atoms with E-state index in [1.807, 2.05) is 37.3 Å². The van der Waals surface area contributed by atoms with Crippen LogP contribution < -0.4 is 5.73 Å². The minimum atomic E-state index is 0.578. The Kier molecular flexibility index (Phi) is 3.32. The number of benzene rings is 1. The van der Waals surface area contributed by atoms with Crippen LogP contribution in [0.5, 0.6) is 0 Å². The van der Waals surface area contributed by atoms with Gasteiger partial charge in [-0.05, 0) is 30.2 Å². The zero-order chi connectivity index (χ0) is 8.97. The van der Waals surface area contributed by atoms with Crippen molar-refractivity contribution < 1.29 is 0 Å². The molecule has 0 aliphatic carbocycles. The normalized spacial score (nSPS) is 11.8. The lowest BCUT2D eigenvalue weighted by molar-refractivity contribution is 1.25. The van der Waals surface area contributed by atoms with E-state index in [0.717, 1.165) is 5.02 Å². The molecule has 1 nitrogen and oxygen atoms in total. The van der Waals surface area contributed by atoms with Crippen molar-refractivity contribution in [2.45, 2.75) is 6.92 Å². The molecule has 0 radical (unpaired) electrons. The van der Waals surface area contributed by atoms with E-state index in [0.29, 0.717) is 6.54 Å². The zero-order valence-electron chi connectivity index (χ0n) is 7.05. The van der Waals surface area contributed by atoms with E-state index in [-0.39, 0.29) is 0 Å². The van der Waals surface area contributed by atoms with Gasteiger partial charge in [0.1, 0.15) is 0 Å². The molecule has 0 spiro atoms. The Labute approximate surface area is 77.8 Å². The van der Waals surface area contributed by atoms with E-state index in [4.69, 9.17) is 17.3 Å². The van der Waals surface area contributed by atoms with Crippen molar-refractivity contribution in [3.63, 3.8) is 0 Å². The maximum atomic E-state index is 5.75. The highest BCUT2D eigenvalue weighted by Crippen LogP contribution is 2.16. The van der Waals surface area contributed by atoms with Crippen LogP contribution in [0.2, 0.25) is 5.02 Å². The van der Waals surface area contributed by atoms with Gasteiger partial charge in [0.2, 0.25) is 0 Å². The second-order valence-corrected chi connectivity index (χ2v) is 3.07. The van der Waals surface area contributed by atoms with E-state index >= 15 is 0 Å². The van der Waals surface area contributed by atoms with Crippen LogP contribution in [-0.4, -0.2) is 6.54 Å². The van der Waals surface area contributed by atoms with Crippen LogP contribution in [0.25, 0.3) is 5.57 Å². The Morgan fingerprint density at radius 1 is 1.42 bits per heavy atom. The quantitative estimate of drug-likeness (QED) is 0.746. The molecular weight excluding hydrogens is 170 g/mol. The molecule has 1 aromatic carbocycles. The van der Waals surface area contributed by atoms with Gasteiger partial charge in [-0.1, -0.05) is 29.8 Å². The molecule has 0 fully saturated rings. The summed E-state index contributed by atoms with van der Waals surface area (Å²) in [5, 5.41) is 0.763. The second-order valence-electron chi connectivity index (χ2n) is 2.63. The SMILES string of the molecule is CC(=CCN)c1ccc(Cl)cc1. The van der Waals surface area contributed by atoms with Crippen LogP contribution in [0.4, 0.5) is 0 Å². The Morgan fingerprint density at radius 2 is 2.00 bits per heavy atom. The van der Waals surface area contributed by atoms with E-state index in [1.165, 1.54) is 11.1 Å². The number of allylic oxidation sites excluding steroid dienone is 1. The van der Waals surface area contributed by atoms with Crippen LogP contribution in [0.3, 0.4) is 0 Å². The van der Waals surface area contributed by atoms with Gasteiger partial charge in [0, 0.05) is 11.6 Å². The van der Waals surface area contributed by atoms with Crippen molar-refractivity contribution in [1.82, 2.24) is 0 Å². The lowest BCUT2D eigenvalue weighted by Gasteiger charge is -2.00. The molecule has 0 aromatic heterocycles. The van der Waals surface area contributed by atoms with Gasteiger partial charge in [-0.15, -0.1) is 0 Å². The average Bonchev–Trinajstić information content (AvgIpc) is 2.06. The van der Waals surface area contributed by atoms with Crippen molar-refractivity contribution in [3.8, 4) is 0 Å². The summed E-state index contributed by atoms with van der Waals surface area (Å²) >= 11 is 5.75. The molecule has 0 atom stereocenters. The second kappa shape index (κ2) is 4.29. The Hall–Kier alpha value is -0.790. The highest BCUT2D eigenvalue weighted by atomic mass is 35.5. The minimum absolute atomic E-state index is 0.578. The fourth-order valence-electron chi connectivity index (χ4n) is 1.01. The number of hydrogen-bond donors (Lipinski definition) is 1. The summed E-state index contributed by atoms with van der Waals surface area (Å²) < 4.78 is 0. The molecule has 0 aliphatic heterocycles. The lowest BCUT2D eigenvalue weighted by Crippen LogP contribution is -1.94. The first-order valence-electron chi connectivity index (χ1n) is 3.87. The van der Waals surface area contributed by atoms with Crippen LogP contribution >= 0.6 is 11.6 Å². The molecule has 0 amide bonds. The van der Waals surface area contributed by atoms with Gasteiger partial charge in [-0.2, -0.15) is 0 Å². The molecular formula is C10H12ClN. The molecule has 2 N–H and O–H groups in total. The molecule has 0 unspecified atom stereocenters. The van der Waals surface area contributed by atoms with Crippen molar-refractivity contribution in [1.29, 1.82) is 0 Å². The Morgan fingerprint density at radius 3 is 2.50 bits per heavy atom. The van der Waals surface area contributed by atoms with Crippen molar-refractivity contribution >= 4 is 17.2 Å². The predicted molar refractivity (Wildman–Crippen MR) is 54.2 cm³/mol. The fourth-order valence-corrected chi connectivity index (χ4v) is 1.13. The molecule has 0 saturated heterocycles. The Balaban J connectivity index is 2.89. The van der Waals surface area contributed by atoms with E-state index in [1.54, 1.807) is 0 Å². The topological polar surface area (TPSA) is 26.0 Å². The molecule has 0 bridgehead atoms. The van der Waals surface area contributed by atoms with Crippen LogP contribution in [0, 0.1) is 0 Å². The Bertz CT molecular complexity index is 274. The molecule has 0 heterocycles. The maximum Gasteiger partial charge on any atom is 0.0406 e. The van der Waals surface area contributed by atoms with Crippen LogP contribution in [-0.2, 0) is 0 Å². The highest BCUT2D eigenvalue weighted by Gasteiger charge is 1.93. The summed E-state index contributed by atoms with van der Waals surface area (Å²) in [5.41, 5.74) is 7.75. The van der Waals surface area contributed by atoms with Gasteiger partial charge >= 0.3 is 0 Å². The van der Waals surface area contributed by atoms with Crippen molar-refractivity contribution in [3.05, 3.63) is 40.9 Å². The van der Waals surface area contributed by atoms with E-state index < -0.39 is 0 Å².